The molecule has 0 N–H and O–H groups in total. The number of carbonyl (C=O) groups excluding carboxylic acids is 1. The quantitative estimate of drug-likeness (QED) is 0.298. The highest BCUT2D eigenvalue weighted by Crippen LogP contribution is 2.23. The Morgan fingerprint density at radius 3 is 2.46 bits per heavy atom. The fourth-order valence-electron chi connectivity index (χ4n) is 0.266. The number of alkyl halides is 4. The smallest absolute Gasteiger partial charge is 0.460 e. The maximum Gasteiger partial charge on any atom is 0.460 e. The minimum absolute atomic E-state index is 0.0258. The second kappa shape index (κ2) is 4.68. The average Bonchev–Trinajstić information content (AvgIpc) is 2.03. The molecule has 0 saturated carbocycles. The molecule has 0 unspecified atom stereocenters. The molecule has 0 aromatic carbocycles. The third-order valence-corrected chi connectivity index (χ3v) is 0.832. The predicted molar refractivity (Wildman–Crippen MR) is 31.9 cm³/mol. The molecular weight excluding hydrogens is 196 g/mol. The number of hydrogen-bond donors (Lipinski definition) is 0. The van der Waals surface area contributed by atoms with E-state index in [9.17, 15) is 22.4 Å². The van der Waals surface area contributed by atoms with Crippen molar-refractivity contribution in [2.24, 2.45) is 0 Å². The van der Waals surface area contributed by atoms with E-state index in [1.807, 2.05) is 0 Å². The molecule has 0 aromatic heterocycles. The minimum atomic E-state index is -4.62. The van der Waals surface area contributed by atoms with Gasteiger partial charge in [0.25, 0.3) is 0 Å². The van der Waals surface area contributed by atoms with Gasteiger partial charge in [-0.1, -0.05) is 0 Å². The highest BCUT2D eigenvalue weighted by Gasteiger charge is 2.42. The second-order valence-corrected chi connectivity index (χ2v) is 1.73. The van der Waals surface area contributed by atoms with Gasteiger partial charge in [0.15, 0.2) is 0 Å². The van der Waals surface area contributed by atoms with Crippen LogP contribution in [0.15, 0.2) is 6.26 Å². The summed E-state index contributed by atoms with van der Waals surface area (Å²) in [4.78, 5) is 10.2. The summed E-state index contributed by atoms with van der Waals surface area (Å²) in [5.41, 5.74) is 0. The van der Waals surface area contributed by atoms with Crippen molar-refractivity contribution in [3.63, 3.8) is 0 Å². The van der Waals surface area contributed by atoms with Gasteiger partial charge in [0.05, 0.1) is 7.11 Å². The number of ether oxygens (including phenoxy) is 2. The van der Waals surface area contributed by atoms with Gasteiger partial charge >= 0.3 is 18.5 Å². The number of methoxy groups -OCH3 is 1. The van der Waals surface area contributed by atoms with Gasteiger partial charge in [0.1, 0.15) is 12.3 Å². The summed E-state index contributed by atoms with van der Waals surface area (Å²) >= 11 is 0. The molecule has 0 saturated heterocycles. The standard InChI is InChI=1S/C6H5F4O3/c1-12-4(11)2-3-13-6(9,10)5(7)8/h3,5H,1H3. The van der Waals surface area contributed by atoms with E-state index in [-0.39, 0.29) is 6.26 Å². The van der Waals surface area contributed by atoms with Crippen molar-refractivity contribution in [3.05, 3.63) is 12.3 Å². The van der Waals surface area contributed by atoms with E-state index in [1.165, 1.54) is 6.08 Å². The molecule has 0 rings (SSSR count). The van der Waals surface area contributed by atoms with E-state index in [4.69, 9.17) is 0 Å². The van der Waals surface area contributed by atoms with Gasteiger partial charge in [-0.25, -0.2) is 4.79 Å². The zero-order chi connectivity index (χ0) is 10.5. The topological polar surface area (TPSA) is 35.5 Å². The van der Waals surface area contributed by atoms with Crippen LogP contribution >= 0.6 is 0 Å². The van der Waals surface area contributed by atoms with Crippen molar-refractivity contribution >= 4 is 5.97 Å². The monoisotopic (exact) mass is 201 g/mol. The summed E-state index contributed by atoms with van der Waals surface area (Å²) in [7, 11) is 0.967. The Labute approximate surface area is 70.9 Å². The van der Waals surface area contributed by atoms with Crippen LogP contribution in [0.3, 0.4) is 0 Å². The maximum absolute atomic E-state index is 11.9. The maximum atomic E-state index is 11.9. The van der Waals surface area contributed by atoms with Crippen LogP contribution in [-0.4, -0.2) is 25.6 Å². The molecule has 0 aromatic rings. The number of hydrogen-bond acceptors (Lipinski definition) is 3. The Kier molecular flexibility index (Phi) is 4.22. The minimum Gasteiger partial charge on any atom is -0.465 e. The number of rotatable bonds is 4. The third-order valence-electron chi connectivity index (χ3n) is 0.832. The molecule has 0 aliphatic heterocycles. The van der Waals surface area contributed by atoms with Crippen molar-refractivity contribution in [2.75, 3.05) is 7.11 Å². The highest BCUT2D eigenvalue weighted by atomic mass is 19.3. The Morgan fingerprint density at radius 1 is 1.54 bits per heavy atom. The molecule has 0 bridgehead atoms. The van der Waals surface area contributed by atoms with Gasteiger partial charge in [-0.2, -0.15) is 17.6 Å². The van der Waals surface area contributed by atoms with Crippen LogP contribution < -0.4 is 0 Å². The Balaban J connectivity index is 4.01. The normalized spacial score (nSPS) is 12.2. The summed E-state index contributed by atoms with van der Waals surface area (Å²) in [6.07, 6.45) is -7.05. The lowest BCUT2D eigenvalue weighted by Crippen LogP contribution is -2.28. The number of carbonyl (C=O) groups is 1. The molecule has 7 heteroatoms. The van der Waals surface area contributed by atoms with E-state index < -0.39 is 18.5 Å². The predicted octanol–water partition coefficient (Wildman–Crippen LogP) is 1.35. The van der Waals surface area contributed by atoms with E-state index in [0.717, 1.165) is 7.11 Å². The number of halogens is 4. The lowest BCUT2D eigenvalue weighted by atomic mass is 10.6. The van der Waals surface area contributed by atoms with Crippen molar-refractivity contribution in [1.82, 2.24) is 0 Å². The SMILES string of the molecule is COC(=O)/[C]=C/OC(F)(F)C(F)F. The van der Waals surface area contributed by atoms with E-state index in [2.05, 4.69) is 9.47 Å². The fourth-order valence-corrected chi connectivity index (χ4v) is 0.266. The summed E-state index contributed by atoms with van der Waals surface area (Å²) in [5, 5.41) is 0. The fraction of sp³-hybridized carbons (Fsp3) is 0.500. The zero-order valence-corrected chi connectivity index (χ0v) is 6.39. The summed E-state index contributed by atoms with van der Waals surface area (Å²) in [6, 6.07) is 0. The number of esters is 1. The van der Waals surface area contributed by atoms with Gasteiger partial charge < -0.3 is 9.47 Å². The molecule has 0 amide bonds. The van der Waals surface area contributed by atoms with Crippen molar-refractivity contribution in [3.8, 4) is 0 Å². The van der Waals surface area contributed by atoms with Crippen molar-refractivity contribution in [1.29, 1.82) is 0 Å². The van der Waals surface area contributed by atoms with Gasteiger partial charge in [-0.05, 0) is 0 Å². The van der Waals surface area contributed by atoms with Gasteiger partial charge in [-0.15, -0.1) is 0 Å². The van der Waals surface area contributed by atoms with Crippen LogP contribution in [0.1, 0.15) is 0 Å². The first kappa shape index (κ1) is 11.7. The first-order valence-electron chi connectivity index (χ1n) is 2.90. The summed E-state index contributed by atoms with van der Waals surface area (Å²) in [6.45, 7) is 0. The highest BCUT2D eigenvalue weighted by molar-refractivity contribution is 5.76. The van der Waals surface area contributed by atoms with Crippen molar-refractivity contribution < 1.29 is 31.8 Å². The molecular formula is C6H5F4O3. The third kappa shape index (κ3) is 4.34. The van der Waals surface area contributed by atoms with Gasteiger partial charge in [-0.3, -0.25) is 0 Å². The lowest BCUT2D eigenvalue weighted by Gasteiger charge is -2.12. The molecule has 1 radical (unpaired) electrons. The Morgan fingerprint density at radius 2 is 2.08 bits per heavy atom. The molecule has 3 nitrogen and oxygen atoms in total. The first-order chi connectivity index (χ1) is 5.90. The molecule has 0 heterocycles. The molecule has 13 heavy (non-hydrogen) atoms. The zero-order valence-electron chi connectivity index (χ0n) is 6.39. The van der Waals surface area contributed by atoms with Crippen LogP contribution in [0.4, 0.5) is 17.6 Å². The van der Waals surface area contributed by atoms with E-state index >= 15 is 0 Å². The van der Waals surface area contributed by atoms with Crippen LogP contribution in [0.5, 0.6) is 0 Å². The van der Waals surface area contributed by atoms with Crippen LogP contribution in [-0.2, 0) is 14.3 Å². The molecule has 0 spiro atoms. The first-order valence-corrected chi connectivity index (χ1v) is 2.90. The summed E-state index contributed by atoms with van der Waals surface area (Å²) < 4.78 is 53.7. The molecule has 75 valence electrons. The van der Waals surface area contributed by atoms with Crippen molar-refractivity contribution in [2.45, 2.75) is 12.5 Å². The Bertz CT molecular complexity index is 202. The summed E-state index contributed by atoms with van der Waals surface area (Å²) in [5.74, 6) is -1.11. The molecule has 0 fully saturated rings. The molecule has 0 atom stereocenters. The van der Waals surface area contributed by atoms with Crippen LogP contribution in [0.2, 0.25) is 0 Å². The van der Waals surface area contributed by atoms with Crippen LogP contribution in [0.25, 0.3) is 0 Å². The second-order valence-electron chi connectivity index (χ2n) is 1.73. The van der Waals surface area contributed by atoms with Gasteiger partial charge in [0, 0.05) is 0 Å². The van der Waals surface area contributed by atoms with E-state index in [0.29, 0.717) is 0 Å². The molecule has 0 aliphatic carbocycles. The average molecular weight is 201 g/mol. The Hall–Kier alpha value is -1.27. The van der Waals surface area contributed by atoms with Gasteiger partial charge in [0.2, 0.25) is 0 Å². The van der Waals surface area contributed by atoms with E-state index in [1.54, 1.807) is 0 Å². The molecule has 0 aliphatic rings. The lowest BCUT2D eigenvalue weighted by molar-refractivity contribution is -0.275. The van der Waals surface area contributed by atoms with Crippen LogP contribution in [0, 0.1) is 6.08 Å². The largest absolute Gasteiger partial charge is 0.465 e.